The van der Waals surface area contributed by atoms with Crippen LogP contribution in [0, 0.1) is 11.6 Å². The highest BCUT2D eigenvalue weighted by Crippen LogP contribution is 2.22. The number of aryl methyl sites for hydroxylation is 1. The van der Waals surface area contributed by atoms with Crippen molar-refractivity contribution in [2.75, 3.05) is 5.88 Å². The van der Waals surface area contributed by atoms with Crippen LogP contribution in [0.25, 0.3) is 11.5 Å². The maximum absolute atomic E-state index is 13.3. The number of hydrogen-bond acceptors (Lipinski definition) is 3. The van der Waals surface area contributed by atoms with E-state index in [0.29, 0.717) is 18.2 Å². The molecule has 84 valence electrons. The number of nitrogens with zero attached hydrogens (tertiary/aromatic N) is 2. The van der Waals surface area contributed by atoms with Crippen molar-refractivity contribution in [3.8, 4) is 11.5 Å². The minimum Gasteiger partial charge on any atom is -0.421 e. The van der Waals surface area contributed by atoms with E-state index < -0.39 is 11.6 Å². The van der Waals surface area contributed by atoms with Crippen molar-refractivity contribution < 1.29 is 13.2 Å². The fraction of sp³-hybridized carbons (Fsp3) is 0.200. The summed E-state index contributed by atoms with van der Waals surface area (Å²) in [5, 5.41) is 7.29. The topological polar surface area (TPSA) is 38.9 Å². The number of alkyl halides is 1. The molecule has 0 spiro atoms. The lowest BCUT2D eigenvalue weighted by Crippen LogP contribution is -1.86. The summed E-state index contributed by atoms with van der Waals surface area (Å²) in [4.78, 5) is 0. The second-order valence-corrected chi connectivity index (χ2v) is 3.44. The van der Waals surface area contributed by atoms with Gasteiger partial charge in [0.15, 0.2) is 0 Å². The monoisotopic (exact) mass is 244 g/mol. The zero-order valence-corrected chi connectivity index (χ0v) is 8.84. The smallest absolute Gasteiger partial charge is 0.250 e. The molecule has 0 bridgehead atoms. The molecule has 0 saturated carbocycles. The van der Waals surface area contributed by atoms with E-state index in [1.807, 2.05) is 0 Å². The van der Waals surface area contributed by atoms with E-state index in [2.05, 4.69) is 10.2 Å². The van der Waals surface area contributed by atoms with Gasteiger partial charge in [0.05, 0.1) is 5.56 Å². The van der Waals surface area contributed by atoms with Crippen molar-refractivity contribution in [2.45, 2.75) is 6.42 Å². The molecule has 0 saturated heterocycles. The normalized spacial score (nSPS) is 10.7. The van der Waals surface area contributed by atoms with Crippen molar-refractivity contribution in [1.29, 1.82) is 0 Å². The highest BCUT2D eigenvalue weighted by atomic mass is 35.5. The number of aromatic nitrogens is 2. The van der Waals surface area contributed by atoms with Gasteiger partial charge in [-0.15, -0.1) is 21.8 Å². The van der Waals surface area contributed by atoms with Crippen molar-refractivity contribution in [3.63, 3.8) is 0 Å². The molecule has 1 heterocycles. The minimum absolute atomic E-state index is 0.0443. The van der Waals surface area contributed by atoms with Gasteiger partial charge in [-0.2, -0.15) is 0 Å². The SMILES string of the molecule is Fc1ccc(F)c(-c2nnc(CCCl)o2)c1. The van der Waals surface area contributed by atoms with Gasteiger partial charge in [-0.3, -0.25) is 0 Å². The first kappa shape index (κ1) is 11.0. The highest BCUT2D eigenvalue weighted by Gasteiger charge is 2.13. The van der Waals surface area contributed by atoms with Crippen LogP contribution in [0.15, 0.2) is 22.6 Å². The summed E-state index contributed by atoms with van der Waals surface area (Å²) in [6.07, 6.45) is 0.394. The van der Waals surface area contributed by atoms with E-state index >= 15 is 0 Å². The molecule has 0 aliphatic heterocycles. The Morgan fingerprint density at radius 2 is 2.06 bits per heavy atom. The third-order valence-corrected chi connectivity index (χ3v) is 2.12. The molecular weight excluding hydrogens is 238 g/mol. The summed E-state index contributed by atoms with van der Waals surface area (Å²) >= 11 is 5.49. The largest absolute Gasteiger partial charge is 0.421 e. The molecule has 2 aromatic rings. The Morgan fingerprint density at radius 1 is 1.25 bits per heavy atom. The van der Waals surface area contributed by atoms with Crippen LogP contribution in [-0.4, -0.2) is 16.1 Å². The third-order valence-electron chi connectivity index (χ3n) is 1.93. The van der Waals surface area contributed by atoms with Gasteiger partial charge in [0, 0.05) is 12.3 Å². The second kappa shape index (κ2) is 4.57. The Bertz CT molecular complexity index is 501. The van der Waals surface area contributed by atoms with Crippen LogP contribution < -0.4 is 0 Å². The van der Waals surface area contributed by atoms with Crippen LogP contribution >= 0.6 is 11.6 Å². The van der Waals surface area contributed by atoms with Crippen molar-refractivity contribution in [1.82, 2.24) is 10.2 Å². The summed E-state index contributed by atoms with van der Waals surface area (Å²) in [6, 6.07) is 3.04. The zero-order chi connectivity index (χ0) is 11.5. The van der Waals surface area contributed by atoms with Gasteiger partial charge < -0.3 is 4.42 Å². The molecule has 1 aromatic heterocycles. The van der Waals surface area contributed by atoms with Gasteiger partial charge in [-0.05, 0) is 18.2 Å². The third kappa shape index (κ3) is 2.19. The van der Waals surface area contributed by atoms with Crippen LogP contribution in [0.2, 0.25) is 0 Å². The summed E-state index contributed by atoms with van der Waals surface area (Å²) < 4.78 is 31.4. The molecule has 0 aliphatic rings. The highest BCUT2D eigenvalue weighted by molar-refractivity contribution is 6.17. The first-order chi connectivity index (χ1) is 7.70. The van der Waals surface area contributed by atoms with Gasteiger partial charge in [0.2, 0.25) is 5.89 Å². The lowest BCUT2D eigenvalue weighted by molar-refractivity contribution is 0.507. The van der Waals surface area contributed by atoms with E-state index in [4.69, 9.17) is 16.0 Å². The molecule has 1 aromatic carbocycles. The predicted molar refractivity (Wildman–Crippen MR) is 54.1 cm³/mol. The Kier molecular flexibility index (Phi) is 3.14. The van der Waals surface area contributed by atoms with Crippen LogP contribution in [-0.2, 0) is 6.42 Å². The van der Waals surface area contributed by atoms with Crippen molar-refractivity contribution in [2.24, 2.45) is 0 Å². The van der Waals surface area contributed by atoms with E-state index in [1.54, 1.807) is 0 Å². The fourth-order valence-electron chi connectivity index (χ4n) is 1.21. The average Bonchev–Trinajstić information content (AvgIpc) is 2.71. The Morgan fingerprint density at radius 3 is 2.81 bits per heavy atom. The number of hydrogen-bond donors (Lipinski definition) is 0. The van der Waals surface area contributed by atoms with Crippen LogP contribution in [0.4, 0.5) is 8.78 Å². The van der Waals surface area contributed by atoms with Gasteiger partial charge in [0.1, 0.15) is 11.6 Å². The summed E-state index contributed by atoms with van der Waals surface area (Å²) in [6.45, 7) is 0. The molecule has 0 atom stereocenters. The van der Waals surface area contributed by atoms with Gasteiger partial charge in [-0.25, -0.2) is 8.78 Å². The Labute approximate surface area is 95.1 Å². The molecule has 0 unspecified atom stereocenters. The van der Waals surface area contributed by atoms with E-state index in [0.717, 1.165) is 18.2 Å². The molecule has 0 fully saturated rings. The van der Waals surface area contributed by atoms with Crippen molar-refractivity contribution in [3.05, 3.63) is 35.7 Å². The molecular formula is C10H7ClF2N2O. The van der Waals surface area contributed by atoms with Crippen LogP contribution in [0.3, 0.4) is 0 Å². The molecule has 2 rings (SSSR count). The molecule has 0 aliphatic carbocycles. The van der Waals surface area contributed by atoms with Crippen LogP contribution in [0.1, 0.15) is 5.89 Å². The quantitative estimate of drug-likeness (QED) is 0.780. The standard InChI is InChI=1S/C10H7ClF2N2O/c11-4-3-9-14-15-10(16-9)7-5-6(12)1-2-8(7)13/h1-2,5H,3-4H2. The lowest BCUT2D eigenvalue weighted by Gasteiger charge is -1.96. The molecule has 0 radical (unpaired) electrons. The Hall–Kier alpha value is -1.49. The first-order valence-corrected chi connectivity index (χ1v) is 5.08. The predicted octanol–water partition coefficient (Wildman–Crippen LogP) is 2.80. The fourth-order valence-corrected chi connectivity index (χ4v) is 1.37. The molecule has 0 N–H and O–H groups in total. The molecule has 0 amide bonds. The maximum atomic E-state index is 13.3. The zero-order valence-electron chi connectivity index (χ0n) is 8.08. The average molecular weight is 245 g/mol. The van der Waals surface area contributed by atoms with Gasteiger partial charge in [0.25, 0.3) is 5.89 Å². The summed E-state index contributed by atoms with van der Waals surface area (Å²) in [5.74, 6) is -0.588. The number of rotatable bonds is 3. The summed E-state index contributed by atoms with van der Waals surface area (Å²) in [5.41, 5.74) is -0.0478. The second-order valence-electron chi connectivity index (χ2n) is 3.06. The van der Waals surface area contributed by atoms with E-state index in [9.17, 15) is 8.78 Å². The Balaban J connectivity index is 2.38. The van der Waals surface area contributed by atoms with Crippen molar-refractivity contribution >= 4 is 11.6 Å². The summed E-state index contributed by atoms with van der Waals surface area (Å²) in [7, 11) is 0. The molecule has 16 heavy (non-hydrogen) atoms. The number of halogens is 3. The van der Waals surface area contributed by atoms with Gasteiger partial charge >= 0.3 is 0 Å². The first-order valence-electron chi connectivity index (χ1n) is 4.54. The molecule has 3 nitrogen and oxygen atoms in total. The van der Waals surface area contributed by atoms with Gasteiger partial charge in [-0.1, -0.05) is 0 Å². The minimum atomic E-state index is -0.609. The van der Waals surface area contributed by atoms with E-state index in [1.165, 1.54) is 0 Å². The lowest BCUT2D eigenvalue weighted by atomic mass is 10.2. The van der Waals surface area contributed by atoms with Crippen LogP contribution in [0.5, 0.6) is 0 Å². The van der Waals surface area contributed by atoms with E-state index in [-0.39, 0.29) is 11.5 Å². The maximum Gasteiger partial charge on any atom is 0.250 e. The molecule has 6 heteroatoms. The number of benzene rings is 1.